The molecule has 0 radical (unpaired) electrons. The van der Waals surface area contributed by atoms with Crippen LogP contribution in [0.25, 0.3) is 11.1 Å². The van der Waals surface area contributed by atoms with E-state index in [0.717, 1.165) is 22.3 Å². The normalized spacial score (nSPS) is 12.3. The molecule has 0 saturated heterocycles. The van der Waals surface area contributed by atoms with E-state index >= 15 is 0 Å². The average Bonchev–Trinajstić information content (AvgIpc) is 2.94. The summed E-state index contributed by atoms with van der Waals surface area (Å²) in [7, 11) is 1.95. The molecule has 0 aliphatic heterocycles. The molecule has 0 aliphatic carbocycles. The number of aromatic nitrogens is 1. The van der Waals surface area contributed by atoms with Gasteiger partial charge in [-0.1, -0.05) is 60.7 Å². The zero-order valence-corrected chi connectivity index (χ0v) is 21.9. The van der Waals surface area contributed by atoms with Gasteiger partial charge in [0, 0.05) is 28.8 Å². The molecule has 39 heavy (non-hydrogen) atoms. The van der Waals surface area contributed by atoms with Gasteiger partial charge < -0.3 is 16.2 Å². The molecule has 0 saturated carbocycles. The van der Waals surface area contributed by atoms with Crippen LogP contribution >= 0.6 is 0 Å². The molecule has 5 N–H and O–H groups in total. The summed E-state index contributed by atoms with van der Waals surface area (Å²) in [6.07, 6.45) is 5.23. The average molecular weight is 522 g/mol. The molecule has 3 aromatic carbocycles. The van der Waals surface area contributed by atoms with Crippen molar-refractivity contribution in [2.75, 3.05) is 0 Å². The molecule has 0 spiro atoms. The number of carbonyl (C=O) groups is 2. The molecule has 4 rings (SSSR count). The van der Waals surface area contributed by atoms with Crippen molar-refractivity contribution in [3.8, 4) is 11.1 Å². The maximum atomic E-state index is 13.3. The Kier molecular flexibility index (Phi) is 8.84. The Morgan fingerprint density at radius 3 is 2.28 bits per heavy atom. The molecule has 0 bridgehead atoms. The van der Waals surface area contributed by atoms with Gasteiger partial charge in [-0.25, -0.2) is 4.57 Å². The van der Waals surface area contributed by atoms with E-state index in [1.54, 1.807) is 30.3 Å². The quantitative estimate of drug-likeness (QED) is 0.135. The van der Waals surface area contributed by atoms with Gasteiger partial charge in [-0.05, 0) is 60.2 Å². The number of carbonyl (C=O) groups excluding carboxylic acids is 1. The number of aliphatic carboxylic acids is 1. The van der Waals surface area contributed by atoms with Crippen LogP contribution in [0.3, 0.4) is 0 Å². The summed E-state index contributed by atoms with van der Waals surface area (Å²) in [5.74, 6) is -2.26. The number of rotatable bonds is 11. The zero-order valence-electron chi connectivity index (χ0n) is 21.9. The Morgan fingerprint density at radius 2 is 1.62 bits per heavy atom. The number of carboxylic acid groups (broad SMARTS) is 1. The molecule has 0 unspecified atom stereocenters. The number of benzene rings is 3. The standard InChI is InChI=1S/C32H32N4O3/c1-36-18-6-11-27(21-36)24-13-15-25(16-14-24)31(37)35-29(17-12-22-7-3-2-4-8-22)28(32(38)39)20-23-9-5-10-26(19-23)30(33)34/h2-11,13-16,18-19,21,28-29H,12,17,20H2,1H3,(H4-,33,34,35,37,38,39)/p+1/t28-,29-/m1/s1. The third-order valence-electron chi connectivity index (χ3n) is 6.82. The first-order chi connectivity index (χ1) is 18.8. The first kappa shape index (κ1) is 27.3. The van der Waals surface area contributed by atoms with Gasteiger partial charge in [-0.2, -0.15) is 0 Å². The van der Waals surface area contributed by atoms with E-state index in [9.17, 15) is 14.7 Å². The molecule has 198 valence electrons. The van der Waals surface area contributed by atoms with Gasteiger partial charge in [-0.15, -0.1) is 0 Å². The maximum Gasteiger partial charge on any atom is 0.308 e. The number of amidine groups is 1. The van der Waals surface area contributed by atoms with Crippen LogP contribution in [-0.4, -0.2) is 28.9 Å². The fraction of sp³-hybridized carbons (Fsp3) is 0.188. The lowest BCUT2D eigenvalue weighted by Crippen LogP contribution is -2.44. The number of nitrogens with one attached hydrogen (secondary N) is 2. The molecule has 1 heterocycles. The fourth-order valence-electron chi connectivity index (χ4n) is 4.69. The highest BCUT2D eigenvalue weighted by Crippen LogP contribution is 2.21. The summed E-state index contributed by atoms with van der Waals surface area (Å²) < 4.78 is 1.96. The molecule has 7 heteroatoms. The highest BCUT2D eigenvalue weighted by atomic mass is 16.4. The van der Waals surface area contributed by atoms with E-state index in [2.05, 4.69) is 5.32 Å². The number of nitrogen functional groups attached to an aromatic ring is 1. The van der Waals surface area contributed by atoms with E-state index in [4.69, 9.17) is 11.1 Å². The Hall–Kier alpha value is -4.78. The van der Waals surface area contributed by atoms with Crippen molar-refractivity contribution < 1.29 is 19.3 Å². The second kappa shape index (κ2) is 12.6. The summed E-state index contributed by atoms with van der Waals surface area (Å²) in [4.78, 5) is 25.8. The number of aryl methyl sites for hydroxylation is 2. The SMILES string of the molecule is C[n+]1cccc(-c2ccc(C(=O)N[C@H](CCc3ccccc3)[C@@H](Cc3cccc(C(=N)N)c3)C(=O)O)cc2)c1. The van der Waals surface area contributed by atoms with Crippen LogP contribution in [0.1, 0.15) is 33.5 Å². The topological polar surface area (TPSA) is 120 Å². The van der Waals surface area contributed by atoms with Crippen molar-refractivity contribution in [1.82, 2.24) is 5.32 Å². The Labute approximate surface area is 228 Å². The number of carboxylic acids is 1. The van der Waals surface area contributed by atoms with Crippen LogP contribution in [-0.2, 0) is 24.7 Å². The summed E-state index contributed by atoms with van der Waals surface area (Å²) in [5, 5.41) is 21.0. The largest absolute Gasteiger partial charge is 0.481 e. The molecule has 7 nitrogen and oxygen atoms in total. The number of amides is 1. The predicted molar refractivity (Wildman–Crippen MR) is 151 cm³/mol. The monoisotopic (exact) mass is 521 g/mol. The highest BCUT2D eigenvalue weighted by molar-refractivity contribution is 5.95. The minimum absolute atomic E-state index is 0.0784. The van der Waals surface area contributed by atoms with Gasteiger partial charge in [0.1, 0.15) is 12.9 Å². The zero-order chi connectivity index (χ0) is 27.8. The molecule has 2 atom stereocenters. The van der Waals surface area contributed by atoms with E-state index in [0.29, 0.717) is 24.0 Å². The van der Waals surface area contributed by atoms with Crippen LogP contribution in [0, 0.1) is 11.3 Å². The van der Waals surface area contributed by atoms with Crippen LogP contribution in [0.15, 0.2) is 103 Å². The van der Waals surface area contributed by atoms with Crippen molar-refractivity contribution in [2.24, 2.45) is 18.7 Å². The second-order valence-corrected chi connectivity index (χ2v) is 9.70. The molecule has 0 aliphatic rings. The lowest BCUT2D eigenvalue weighted by molar-refractivity contribution is -0.671. The lowest BCUT2D eigenvalue weighted by Gasteiger charge is -2.26. The van der Waals surface area contributed by atoms with Gasteiger partial charge in [0.05, 0.1) is 5.92 Å². The van der Waals surface area contributed by atoms with Crippen molar-refractivity contribution in [2.45, 2.75) is 25.3 Å². The van der Waals surface area contributed by atoms with Crippen LogP contribution in [0.4, 0.5) is 0 Å². The van der Waals surface area contributed by atoms with Crippen molar-refractivity contribution in [3.05, 3.63) is 126 Å². The van der Waals surface area contributed by atoms with Gasteiger partial charge in [-0.3, -0.25) is 15.0 Å². The first-order valence-electron chi connectivity index (χ1n) is 12.9. The van der Waals surface area contributed by atoms with Crippen LogP contribution in [0.2, 0.25) is 0 Å². The molecule has 4 aromatic rings. The highest BCUT2D eigenvalue weighted by Gasteiger charge is 2.30. The van der Waals surface area contributed by atoms with E-state index in [-0.39, 0.29) is 18.2 Å². The number of nitrogens with zero attached hydrogens (tertiary/aromatic N) is 1. The summed E-state index contributed by atoms with van der Waals surface area (Å²) in [6, 6.07) is 27.5. The summed E-state index contributed by atoms with van der Waals surface area (Å²) >= 11 is 0. The van der Waals surface area contributed by atoms with Crippen molar-refractivity contribution in [1.29, 1.82) is 5.41 Å². The molecular formula is C32H33N4O3+. The molecular weight excluding hydrogens is 488 g/mol. The number of nitrogens with two attached hydrogens (primary N) is 1. The van der Waals surface area contributed by atoms with Crippen LogP contribution in [0.5, 0.6) is 0 Å². The number of hydrogen-bond acceptors (Lipinski definition) is 3. The van der Waals surface area contributed by atoms with Gasteiger partial charge in [0.2, 0.25) is 0 Å². The number of hydrogen-bond donors (Lipinski definition) is 4. The first-order valence-corrected chi connectivity index (χ1v) is 12.9. The van der Waals surface area contributed by atoms with Gasteiger partial charge in [0.15, 0.2) is 12.4 Å². The minimum Gasteiger partial charge on any atom is -0.481 e. The fourth-order valence-corrected chi connectivity index (χ4v) is 4.69. The summed E-state index contributed by atoms with van der Waals surface area (Å²) in [6.45, 7) is 0. The van der Waals surface area contributed by atoms with E-state index < -0.39 is 17.9 Å². The second-order valence-electron chi connectivity index (χ2n) is 9.70. The molecule has 0 fully saturated rings. The predicted octanol–water partition coefficient (Wildman–Crippen LogP) is 4.14. The summed E-state index contributed by atoms with van der Waals surface area (Å²) in [5.41, 5.74) is 10.5. The Bertz CT molecular complexity index is 1450. The van der Waals surface area contributed by atoms with E-state index in [1.165, 1.54) is 0 Å². The van der Waals surface area contributed by atoms with Gasteiger partial charge in [0.25, 0.3) is 5.91 Å². The third kappa shape index (κ3) is 7.38. The maximum absolute atomic E-state index is 13.3. The third-order valence-corrected chi connectivity index (χ3v) is 6.82. The van der Waals surface area contributed by atoms with Crippen molar-refractivity contribution >= 4 is 17.7 Å². The Morgan fingerprint density at radius 1 is 0.897 bits per heavy atom. The smallest absolute Gasteiger partial charge is 0.308 e. The minimum atomic E-state index is -0.992. The molecule has 1 aromatic heterocycles. The molecule has 1 amide bonds. The Balaban J connectivity index is 1.56. The van der Waals surface area contributed by atoms with Gasteiger partial charge >= 0.3 is 5.97 Å². The number of pyridine rings is 1. The lowest BCUT2D eigenvalue weighted by atomic mass is 9.87. The van der Waals surface area contributed by atoms with Crippen molar-refractivity contribution in [3.63, 3.8) is 0 Å². The van der Waals surface area contributed by atoms with E-state index in [1.807, 2.05) is 84.7 Å². The van der Waals surface area contributed by atoms with Crippen LogP contribution < -0.4 is 15.6 Å².